The lowest BCUT2D eigenvalue weighted by Gasteiger charge is -2.06. The van der Waals surface area contributed by atoms with E-state index in [1.807, 2.05) is 36.4 Å². The summed E-state index contributed by atoms with van der Waals surface area (Å²) in [4.78, 5) is 0. The SMILES string of the molecule is CC(O)c1ccc(-c2cccc(Br)c2)cc1. The lowest BCUT2D eigenvalue weighted by Crippen LogP contribution is -1.89. The molecule has 1 atom stereocenters. The minimum Gasteiger partial charge on any atom is -0.389 e. The Morgan fingerprint density at radius 2 is 1.69 bits per heavy atom. The van der Waals surface area contributed by atoms with Crippen LogP contribution in [0.2, 0.25) is 0 Å². The predicted octanol–water partition coefficient (Wildman–Crippen LogP) is 4.17. The summed E-state index contributed by atoms with van der Waals surface area (Å²) in [5, 5.41) is 9.42. The molecular weight excluding hydrogens is 264 g/mol. The number of aliphatic hydroxyl groups excluding tert-OH is 1. The second kappa shape index (κ2) is 4.81. The number of rotatable bonds is 2. The average Bonchev–Trinajstić information content (AvgIpc) is 2.29. The van der Waals surface area contributed by atoms with Gasteiger partial charge in [-0.25, -0.2) is 0 Å². The third kappa shape index (κ3) is 2.52. The molecule has 0 spiro atoms. The number of halogens is 1. The summed E-state index contributed by atoms with van der Waals surface area (Å²) in [7, 11) is 0. The van der Waals surface area contributed by atoms with E-state index in [4.69, 9.17) is 0 Å². The molecule has 2 rings (SSSR count). The van der Waals surface area contributed by atoms with Crippen molar-refractivity contribution in [3.8, 4) is 11.1 Å². The lowest BCUT2D eigenvalue weighted by molar-refractivity contribution is 0.199. The zero-order chi connectivity index (χ0) is 11.5. The molecule has 0 aliphatic rings. The van der Waals surface area contributed by atoms with Crippen LogP contribution < -0.4 is 0 Å². The van der Waals surface area contributed by atoms with Crippen LogP contribution in [0.25, 0.3) is 11.1 Å². The van der Waals surface area contributed by atoms with E-state index >= 15 is 0 Å². The molecule has 0 aromatic heterocycles. The predicted molar refractivity (Wildman–Crippen MR) is 70.2 cm³/mol. The smallest absolute Gasteiger partial charge is 0.0761 e. The van der Waals surface area contributed by atoms with Crippen LogP contribution in [0.15, 0.2) is 53.0 Å². The fourth-order valence-electron chi connectivity index (χ4n) is 1.62. The Bertz CT molecular complexity index is 474. The van der Waals surface area contributed by atoms with Crippen molar-refractivity contribution in [2.45, 2.75) is 13.0 Å². The molecule has 0 saturated carbocycles. The minimum atomic E-state index is -0.406. The van der Waals surface area contributed by atoms with Crippen molar-refractivity contribution in [2.75, 3.05) is 0 Å². The monoisotopic (exact) mass is 276 g/mol. The average molecular weight is 277 g/mol. The third-order valence-corrected chi connectivity index (χ3v) is 3.04. The van der Waals surface area contributed by atoms with Crippen molar-refractivity contribution in [1.82, 2.24) is 0 Å². The first kappa shape index (κ1) is 11.4. The molecule has 1 unspecified atom stereocenters. The summed E-state index contributed by atoms with van der Waals surface area (Å²) in [6.07, 6.45) is -0.406. The molecule has 1 nitrogen and oxygen atoms in total. The van der Waals surface area contributed by atoms with Crippen LogP contribution in [-0.4, -0.2) is 5.11 Å². The number of hydrogen-bond acceptors (Lipinski definition) is 1. The fraction of sp³-hybridized carbons (Fsp3) is 0.143. The van der Waals surface area contributed by atoms with E-state index in [0.29, 0.717) is 0 Å². The largest absolute Gasteiger partial charge is 0.389 e. The highest BCUT2D eigenvalue weighted by molar-refractivity contribution is 9.10. The van der Waals surface area contributed by atoms with E-state index in [-0.39, 0.29) is 0 Å². The maximum atomic E-state index is 9.42. The van der Waals surface area contributed by atoms with E-state index in [1.54, 1.807) is 6.92 Å². The maximum Gasteiger partial charge on any atom is 0.0761 e. The van der Waals surface area contributed by atoms with Crippen molar-refractivity contribution in [1.29, 1.82) is 0 Å². The summed E-state index contributed by atoms with van der Waals surface area (Å²) >= 11 is 3.46. The molecule has 82 valence electrons. The molecule has 0 saturated heterocycles. The summed E-state index contributed by atoms with van der Waals surface area (Å²) in [5.41, 5.74) is 3.27. The van der Waals surface area contributed by atoms with E-state index in [0.717, 1.165) is 15.6 Å². The van der Waals surface area contributed by atoms with Crippen molar-refractivity contribution in [2.24, 2.45) is 0 Å². The summed E-state index contributed by atoms with van der Waals surface area (Å²) in [6.45, 7) is 1.77. The second-order valence-corrected chi connectivity index (χ2v) is 4.72. The minimum absolute atomic E-state index is 0.406. The highest BCUT2D eigenvalue weighted by Gasteiger charge is 2.01. The normalized spacial score (nSPS) is 12.4. The fourth-order valence-corrected chi connectivity index (χ4v) is 2.02. The molecular formula is C14H13BrO. The van der Waals surface area contributed by atoms with Gasteiger partial charge >= 0.3 is 0 Å². The summed E-state index contributed by atoms with van der Waals surface area (Å²) < 4.78 is 1.07. The van der Waals surface area contributed by atoms with Crippen molar-refractivity contribution < 1.29 is 5.11 Å². The maximum absolute atomic E-state index is 9.42. The summed E-state index contributed by atoms with van der Waals surface area (Å²) in [5.74, 6) is 0. The van der Waals surface area contributed by atoms with Gasteiger partial charge in [0.05, 0.1) is 6.10 Å². The first-order valence-corrected chi connectivity index (χ1v) is 6.00. The number of hydrogen-bond donors (Lipinski definition) is 1. The van der Waals surface area contributed by atoms with Crippen LogP contribution in [0.5, 0.6) is 0 Å². The van der Waals surface area contributed by atoms with Crippen LogP contribution in [-0.2, 0) is 0 Å². The Morgan fingerprint density at radius 3 is 2.25 bits per heavy atom. The highest BCUT2D eigenvalue weighted by atomic mass is 79.9. The van der Waals surface area contributed by atoms with Crippen molar-refractivity contribution in [3.05, 3.63) is 58.6 Å². The zero-order valence-corrected chi connectivity index (χ0v) is 10.6. The van der Waals surface area contributed by atoms with Crippen molar-refractivity contribution >= 4 is 15.9 Å². The standard InChI is InChI=1S/C14H13BrO/c1-10(16)11-5-7-12(8-6-11)13-3-2-4-14(15)9-13/h2-10,16H,1H3. The Morgan fingerprint density at radius 1 is 1.00 bits per heavy atom. The van der Waals surface area contributed by atoms with Gasteiger partial charge in [0.1, 0.15) is 0 Å². The highest BCUT2D eigenvalue weighted by Crippen LogP contribution is 2.24. The van der Waals surface area contributed by atoms with Crippen LogP contribution >= 0.6 is 15.9 Å². The van der Waals surface area contributed by atoms with Crippen LogP contribution in [0.4, 0.5) is 0 Å². The Labute approximate surface area is 104 Å². The second-order valence-electron chi connectivity index (χ2n) is 3.81. The molecule has 0 fully saturated rings. The zero-order valence-electron chi connectivity index (χ0n) is 9.02. The Hall–Kier alpha value is -1.12. The number of benzene rings is 2. The van der Waals surface area contributed by atoms with Crippen LogP contribution in [0, 0.1) is 0 Å². The Kier molecular flexibility index (Phi) is 3.42. The molecule has 1 N–H and O–H groups in total. The van der Waals surface area contributed by atoms with E-state index in [2.05, 4.69) is 28.1 Å². The third-order valence-electron chi connectivity index (χ3n) is 2.55. The molecule has 0 radical (unpaired) electrons. The lowest BCUT2D eigenvalue weighted by atomic mass is 10.0. The van der Waals surface area contributed by atoms with Crippen LogP contribution in [0.1, 0.15) is 18.6 Å². The van der Waals surface area contributed by atoms with Gasteiger partial charge in [-0.2, -0.15) is 0 Å². The molecule has 2 heteroatoms. The van der Waals surface area contributed by atoms with Gasteiger partial charge in [0.2, 0.25) is 0 Å². The van der Waals surface area contributed by atoms with Gasteiger partial charge in [-0.1, -0.05) is 52.3 Å². The quantitative estimate of drug-likeness (QED) is 0.873. The molecule has 2 aromatic rings. The van der Waals surface area contributed by atoms with Gasteiger partial charge < -0.3 is 5.11 Å². The molecule has 0 heterocycles. The van der Waals surface area contributed by atoms with E-state index < -0.39 is 6.10 Å². The molecule has 16 heavy (non-hydrogen) atoms. The molecule has 0 amide bonds. The van der Waals surface area contributed by atoms with Gasteiger partial charge in [-0.05, 0) is 35.7 Å². The Balaban J connectivity index is 2.35. The topological polar surface area (TPSA) is 20.2 Å². The molecule has 2 aromatic carbocycles. The molecule has 0 aliphatic heterocycles. The van der Waals surface area contributed by atoms with E-state index in [1.165, 1.54) is 5.56 Å². The van der Waals surface area contributed by atoms with Crippen molar-refractivity contribution in [3.63, 3.8) is 0 Å². The van der Waals surface area contributed by atoms with Gasteiger partial charge in [0.15, 0.2) is 0 Å². The van der Waals surface area contributed by atoms with Gasteiger partial charge in [-0.15, -0.1) is 0 Å². The van der Waals surface area contributed by atoms with Gasteiger partial charge in [0.25, 0.3) is 0 Å². The summed E-state index contributed by atoms with van der Waals surface area (Å²) in [6, 6.07) is 16.2. The van der Waals surface area contributed by atoms with E-state index in [9.17, 15) is 5.11 Å². The molecule has 0 bridgehead atoms. The number of aliphatic hydroxyl groups is 1. The van der Waals surface area contributed by atoms with Gasteiger partial charge in [-0.3, -0.25) is 0 Å². The van der Waals surface area contributed by atoms with Gasteiger partial charge in [0, 0.05) is 4.47 Å². The molecule has 0 aliphatic carbocycles. The first-order chi connectivity index (χ1) is 7.66. The van der Waals surface area contributed by atoms with Crippen LogP contribution in [0.3, 0.4) is 0 Å². The first-order valence-electron chi connectivity index (χ1n) is 5.21.